The predicted molar refractivity (Wildman–Crippen MR) is 234 cm³/mol. The number of allylic oxidation sites excluding steroid dienone is 1. The van der Waals surface area contributed by atoms with Crippen LogP contribution in [-0.4, -0.2) is 77.2 Å². The highest BCUT2D eigenvalue weighted by molar-refractivity contribution is 6.03. The van der Waals surface area contributed by atoms with Crippen molar-refractivity contribution in [3.63, 3.8) is 0 Å². The summed E-state index contributed by atoms with van der Waals surface area (Å²) < 4.78 is 32.1. The van der Waals surface area contributed by atoms with Crippen LogP contribution in [0.15, 0.2) is 114 Å². The zero-order chi connectivity index (χ0) is 43.1. The fraction of sp³-hybridized carbons (Fsp3) is 0.420. The number of pyridine rings is 1. The minimum Gasteiger partial charge on any atom is -0.487 e. The summed E-state index contributed by atoms with van der Waals surface area (Å²) in [5.41, 5.74) is 5.81. The van der Waals surface area contributed by atoms with Crippen molar-refractivity contribution in [2.45, 2.75) is 82.8 Å². The molecule has 3 heterocycles. The molecule has 2 aliphatic heterocycles. The van der Waals surface area contributed by atoms with E-state index in [0.29, 0.717) is 48.0 Å². The molecule has 4 aliphatic rings. The first-order valence-electron chi connectivity index (χ1n) is 21.8. The number of oxime groups is 1. The van der Waals surface area contributed by atoms with Crippen molar-refractivity contribution in [2.24, 2.45) is 22.9 Å². The SMILES string of the molecule is C=CCO[C@@]12Oc3ccc(OCc4cccc(C)n4)cc3[C@H]3[C@H](CCCCO)[C@@H](CCCCO)C=C(C(=NOCc4ccccc4)C[C@@H]1N(C)C(=O)c1ccc4c(c1)OCO4)[C@H]32. The molecule has 1 saturated carbocycles. The van der Waals surface area contributed by atoms with Crippen LogP contribution in [0.5, 0.6) is 23.0 Å². The fourth-order valence-corrected chi connectivity index (χ4v) is 9.79. The molecule has 326 valence electrons. The van der Waals surface area contributed by atoms with Crippen LogP contribution in [0, 0.1) is 24.7 Å². The van der Waals surface area contributed by atoms with Crippen molar-refractivity contribution >= 4 is 11.6 Å². The standard InChI is InChI=1S/C50H57N3O9/c1-4-25-60-50-46(53(3)49(56)36-19-21-44-45(27-36)59-32-58-44)29-42(52-61-30-34-14-6-5-7-15-34)40-26-35(16-8-10-23-54)39(18-9-11-24-55)47(48(40)50)41-28-38(20-22-43(41)62-50)57-31-37-17-12-13-33(2)51-37/h4-7,12-15,17,19-22,26-28,35,39,46-48,54-55H,1,8-11,16,18,23-25,29-32H2,2-3H3/t35-,39+,46-,47+,48+,50+/m0/s1. The van der Waals surface area contributed by atoms with Gasteiger partial charge in [-0.1, -0.05) is 66.5 Å². The van der Waals surface area contributed by atoms with Crippen LogP contribution >= 0.6 is 0 Å². The molecular weight excluding hydrogens is 787 g/mol. The molecule has 2 N–H and O–H groups in total. The van der Waals surface area contributed by atoms with Crippen LogP contribution < -0.4 is 18.9 Å². The molecule has 0 bridgehead atoms. The minimum atomic E-state index is -1.39. The zero-order valence-electron chi connectivity index (χ0n) is 35.6. The number of aliphatic hydroxyl groups is 2. The Morgan fingerprint density at radius 2 is 1.73 bits per heavy atom. The number of aliphatic hydroxyl groups excluding tert-OH is 2. The van der Waals surface area contributed by atoms with Gasteiger partial charge in [0.05, 0.1) is 23.9 Å². The summed E-state index contributed by atoms with van der Waals surface area (Å²) in [6.45, 7) is 7.01. The number of carbonyl (C=O) groups is 1. The van der Waals surface area contributed by atoms with Crippen LogP contribution in [-0.2, 0) is 22.8 Å². The number of nitrogens with zero attached hydrogens (tertiary/aromatic N) is 3. The molecule has 0 unspecified atom stereocenters. The number of carbonyl (C=O) groups excluding carboxylic acids is 1. The quantitative estimate of drug-likeness (QED) is 0.0538. The summed E-state index contributed by atoms with van der Waals surface area (Å²) in [5.74, 6) is 0.287. The lowest BCUT2D eigenvalue weighted by Gasteiger charge is -2.59. The van der Waals surface area contributed by atoms with E-state index >= 15 is 0 Å². The molecule has 4 aromatic rings. The highest BCUT2D eigenvalue weighted by atomic mass is 16.7. The molecule has 0 saturated heterocycles. The molecule has 12 heteroatoms. The molecule has 2 aliphatic carbocycles. The van der Waals surface area contributed by atoms with Crippen LogP contribution in [0.3, 0.4) is 0 Å². The number of hydrogen-bond acceptors (Lipinski definition) is 11. The Balaban J connectivity index is 1.28. The summed E-state index contributed by atoms with van der Waals surface area (Å²) in [5, 5.41) is 24.8. The predicted octanol–water partition coefficient (Wildman–Crippen LogP) is 8.30. The molecule has 1 aromatic heterocycles. The van der Waals surface area contributed by atoms with E-state index in [2.05, 4.69) is 23.7 Å². The maximum absolute atomic E-state index is 14.8. The number of aromatic nitrogens is 1. The number of ether oxygens (including phenoxy) is 5. The van der Waals surface area contributed by atoms with E-state index in [1.54, 1.807) is 36.2 Å². The Morgan fingerprint density at radius 3 is 2.52 bits per heavy atom. The van der Waals surface area contributed by atoms with Crippen molar-refractivity contribution < 1.29 is 43.5 Å². The van der Waals surface area contributed by atoms with Gasteiger partial charge >= 0.3 is 0 Å². The van der Waals surface area contributed by atoms with Gasteiger partial charge < -0.3 is 43.6 Å². The Labute approximate surface area is 363 Å². The average Bonchev–Trinajstić information content (AvgIpc) is 3.77. The number of amides is 1. The summed E-state index contributed by atoms with van der Waals surface area (Å²) in [4.78, 5) is 27.4. The second kappa shape index (κ2) is 19.6. The average molecular weight is 844 g/mol. The highest BCUT2D eigenvalue weighted by Crippen LogP contribution is 2.62. The van der Waals surface area contributed by atoms with Crippen molar-refractivity contribution in [3.8, 4) is 23.0 Å². The second-order valence-corrected chi connectivity index (χ2v) is 16.6. The van der Waals surface area contributed by atoms with Gasteiger partial charge in [-0.15, -0.1) is 6.58 Å². The molecule has 62 heavy (non-hydrogen) atoms. The monoisotopic (exact) mass is 843 g/mol. The second-order valence-electron chi connectivity index (χ2n) is 16.6. The van der Waals surface area contributed by atoms with Crippen LogP contribution in [0.25, 0.3) is 0 Å². The molecule has 12 nitrogen and oxygen atoms in total. The summed E-state index contributed by atoms with van der Waals surface area (Å²) in [6, 6.07) is 26.3. The lowest BCUT2D eigenvalue weighted by Crippen LogP contribution is -2.69. The molecule has 8 rings (SSSR count). The first-order valence-corrected chi connectivity index (χ1v) is 21.8. The summed E-state index contributed by atoms with van der Waals surface area (Å²) >= 11 is 0. The first kappa shape index (κ1) is 43.0. The first-order chi connectivity index (χ1) is 30.3. The summed E-state index contributed by atoms with van der Waals surface area (Å²) in [7, 11) is 1.79. The fourth-order valence-electron chi connectivity index (χ4n) is 9.79. The smallest absolute Gasteiger partial charge is 0.254 e. The largest absolute Gasteiger partial charge is 0.487 e. The topological polar surface area (TPSA) is 141 Å². The minimum absolute atomic E-state index is 0.0668. The number of fused-ring (bicyclic) bond motifs is 3. The maximum Gasteiger partial charge on any atom is 0.254 e. The number of likely N-dealkylation sites (N-methyl/N-ethyl adjacent to an activating group) is 1. The van der Waals surface area contributed by atoms with E-state index in [0.717, 1.165) is 59.5 Å². The van der Waals surface area contributed by atoms with E-state index in [1.165, 1.54) is 0 Å². The van der Waals surface area contributed by atoms with Crippen LogP contribution in [0.1, 0.15) is 83.7 Å². The number of aryl methyl sites for hydroxylation is 1. The van der Waals surface area contributed by atoms with Gasteiger partial charge in [0.15, 0.2) is 11.5 Å². The molecule has 0 spiro atoms. The molecule has 1 amide bonds. The van der Waals surface area contributed by atoms with Gasteiger partial charge in [0.25, 0.3) is 5.91 Å². The van der Waals surface area contributed by atoms with E-state index < -0.39 is 17.7 Å². The van der Waals surface area contributed by atoms with Gasteiger partial charge in [0.2, 0.25) is 12.6 Å². The van der Waals surface area contributed by atoms with E-state index in [4.69, 9.17) is 33.7 Å². The maximum atomic E-state index is 14.8. The number of benzene rings is 3. The third-order valence-corrected chi connectivity index (χ3v) is 12.6. The third kappa shape index (κ3) is 8.95. The van der Waals surface area contributed by atoms with E-state index in [1.807, 2.05) is 67.6 Å². The van der Waals surface area contributed by atoms with E-state index in [9.17, 15) is 15.0 Å². The molecule has 6 atom stereocenters. The van der Waals surface area contributed by atoms with Gasteiger partial charge in [-0.2, -0.15) is 0 Å². The van der Waals surface area contributed by atoms with Crippen molar-refractivity contribution in [1.82, 2.24) is 9.88 Å². The van der Waals surface area contributed by atoms with Crippen LogP contribution in [0.2, 0.25) is 0 Å². The zero-order valence-corrected chi connectivity index (χ0v) is 35.6. The molecule has 1 fully saturated rings. The van der Waals surface area contributed by atoms with Gasteiger partial charge in [-0.25, -0.2) is 0 Å². The van der Waals surface area contributed by atoms with Crippen LogP contribution in [0.4, 0.5) is 0 Å². The van der Waals surface area contributed by atoms with Gasteiger partial charge in [0.1, 0.15) is 30.8 Å². The summed E-state index contributed by atoms with van der Waals surface area (Å²) in [6.07, 6.45) is 8.97. The lowest BCUT2D eigenvalue weighted by molar-refractivity contribution is -0.252. The van der Waals surface area contributed by atoms with Crippen molar-refractivity contribution in [2.75, 3.05) is 33.7 Å². The molecular formula is C50H57N3O9. The Kier molecular flexibility index (Phi) is 13.6. The van der Waals surface area contributed by atoms with Crippen molar-refractivity contribution in [1.29, 1.82) is 0 Å². The lowest BCUT2D eigenvalue weighted by atomic mass is 9.55. The molecule has 0 radical (unpaired) electrons. The normalized spacial score (nSPS) is 23.7. The number of rotatable bonds is 19. The van der Waals surface area contributed by atoms with Gasteiger partial charge in [-0.05, 0) is 104 Å². The Bertz CT molecular complexity index is 2260. The third-order valence-electron chi connectivity index (χ3n) is 12.6. The number of unbranched alkanes of at least 4 members (excludes halogenated alkanes) is 2. The van der Waals surface area contributed by atoms with Gasteiger partial charge in [0, 0.05) is 49.4 Å². The number of hydrogen-bond donors (Lipinski definition) is 2. The Hall–Kier alpha value is -5.69. The Morgan fingerprint density at radius 1 is 0.935 bits per heavy atom. The molecule has 3 aromatic carbocycles. The highest BCUT2D eigenvalue weighted by Gasteiger charge is 2.65. The van der Waals surface area contributed by atoms with Crippen molar-refractivity contribution in [3.05, 3.63) is 137 Å². The van der Waals surface area contributed by atoms with E-state index in [-0.39, 0.29) is 63.3 Å². The van der Waals surface area contributed by atoms with Gasteiger partial charge in [-0.3, -0.25) is 9.78 Å².